The molecule has 98 valence electrons. The van der Waals surface area contributed by atoms with E-state index in [1.54, 1.807) is 12.1 Å². The second-order valence-corrected chi connectivity index (χ2v) is 5.44. The van der Waals surface area contributed by atoms with Gasteiger partial charge in [-0.3, -0.25) is 4.79 Å². The van der Waals surface area contributed by atoms with E-state index in [0.29, 0.717) is 5.56 Å². The molecule has 4 heteroatoms. The van der Waals surface area contributed by atoms with Crippen LogP contribution in [0.1, 0.15) is 41.6 Å². The summed E-state index contributed by atoms with van der Waals surface area (Å²) in [5.74, 6) is 0.0713. The van der Waals surface area contributed by atoms with E-state index >= 15 is 0 Å². The van der Waals surface area contributed by atoms with Crippen molar-refractivity contribution < 1.29 is 9.90 Å². The first-order chi connectivity index (χ1) is 8.58. The van der Waals surface area contributed by atoms with E-state index in [4.69, 9.17) is 11.6 Å². The number of phenolic OH excluding ortho intramolecular Hbond substituents is 1. The fourth-order valence-corrected chi connectivity index (χ4v) is 2.74. The molecule has 0 bridgehead atoms. The molecule has 1 aromatic carbocycles. The van der Waals surface area contributed by atoms with Gasteiger partial charge in [0.05, 0.1) is 5.38 Å². The molecule has 2 atom stereocenters. The van der Waals surface area contributed by atoms with Crippen LogP contribution < -0.4 is 5.32 Å². The van der Waals surface area contributed by atoms with Gasteiger partial charge in [-0.25, -0.2) is 0 Å². The lowest BCUT2D eigenvalue weighted by molar-refractivity contribution is 0.0928. The van der Waals surface area contributed by atoms with Gasteiger partial charge in [-0.05, 0) is 43.5 Å². The number of hydrogen-bond acceptors (Lipinski definition) is 2. The van der Waals surface area contributed by atoms with Crippen LogP contribution in [0.4, 0.5) is 0 Å². The first kappa shape index (κ1) is 13.2. The Hall–Kier alpha value is -1.22. The maximum Gasteiger partial charge on any atom is 0.251 e. The SMILES string of the molecule is Cc1cc(O)ccc1C(=O)NC1CCCCC1Cl. The van der Waals surface area contributed by atoms with Crippen molar-refractivity contribution >= 4 is 17.5 Å². The third-order valence-corrected chi connectivity index (χ3v) is 3.98. The standard InChI is InChI=1S/C14H18ClNO2/c1-9-8-10(17)6-7-11(9)14(18)16-13-5-3-2-4-12(13)15/h6-8,12-13,17H,2-5H2,1H3,(H,16,18). The lowest BCUT2D eigenvalue weighted by atomic mass is 9.94. The number of hydrogen-bond donors (Lipinski definition) is 2. The van der Waals surface area contributed by atoms with Crippen molar-refractivity contribution in [2.75, 3.05) is 0 Å². The zero-order chi connectivity index (χ0) is 13.1. The summed E-state index contributed by atoms with van der Waals surface area (Å²) in [6, 6.07) is 4.82. The molecule has 1 aromatic rings. The number of phenols is 1. The molecule has 2 rings (SSSR count). The number of nitrogens with one attached hydrogen (secondary N) is 1. The van der Waals surface area contributed by atoms with E-state index in [-0.39, 0.29) is 23.1 Å². The topological polar surface area (TPSA) is 49.3 Å². The highest BCUT2D eigenvalue weighted by atomic mass is 35.5. The fraction of sp³-hybridized carbons (Fsp3) is 0.500. The van der Waals surface area contributed by atoms with Crippen LogP contribution in [-0.4, -0.2) is 22.4 Å². The van der Waals surface area contributed by atoms with Gasteiger partial charge in [-0.1, -0.05) is 12.8 Å². The molecular formula is C14H18ClNO2. The monoisotopic (exact) mass is 267 g/mol. The summed E-state index contributed by atoms with van der Waals surface area (Å²) in [6.45, 7) is 1.81. The Morgan fingerprint density at radius 3 is 2.78 bits per heavy atom. The number of benzene rings is 1. The Bertz CT molecular complexity index is 447. The van der Waals surface area contributed by atoms with Gasteiger partial charge in [0.25, 0.3) is 5.91 Å². The Labute approximate surface area is 112 Å². The molecule has 1 amide bonds. The highest BCUT2D eigenvalue weighted by Crippen LogP contribution is 2.24. The molecule has 2 N–H and O–H groups in total. The summed E-state index contributed by atoms with van der Waals surface area (Å²) in [4.78, 5) is 12.1. The molecule has 3 nitrogen and oxygen atoms in total. The highest BCUT2D eigenvalue weighted by Gasteiger charge is 2.25. The number of aryl methyl sites for hydroxylation is 1. The number of carbonyl (C=O) groups is 1. The number of aromatic hydroxyl groups is 1. The summed E-state index contributed by atoms with van der Waals surface area (Å²) in [7, 11) is 0. The van der Waals surface area contributed by atoms with Crippen LogP contribution >= 0.6 is 11.6 Å². The predicted molar refractivity (Wildman–Crippen MR) is 72.2 cm³/mol. The highest BCUT2D eigenvalue weighted by molar-refractivity contribution is 6.21. The molecule has 1 saturated carbocycles. The molecule has 0 aromatic heterocycles. The van der Waals surface area contributed by atoms with E-state index in [2.05, 4.69) is 5.32 Å². The van der Waals surface area contributed by atoms with Crippen molar-refractivity contribution in [2.45, 2.75) is 44.0 Å². The van der Waals surface area contributed by atoms with Crippen molar-refractivity contribution in [3.63, 3.8) is 0 Å². The minimum atomic E-state index is -0.106. The summed E-state index contributed by atoms with van der Waals surface area (Å²) >= 11 is 6.22. The van der Waals surface area contributed by atoms with Gasteiger partial charge in [0, 0.05) is 11.6 Å². The third-order valence-electron chi connectivity index (χ3n) is 3.45. The Kier molecular flexibility index (Phi) is 4.12. The van der Waals surface area contributed by atoms with E-state index in [1.807, 2.05) is 6.92 Å². The van der Waals surface area contributed by atoms with Crippen LogP contribution in [0.15, 0.2) is 18.2 Å². The van der Waals surface area contributed by atoms with Crippen LogP contribution in [0.5, 0.6) is 5.75 Å². The molecule has 1 aliphatic carbocycles. The molecule has 1 aliphatic rings. The lowest BCUT2D eigenvalue weighted by Crippen LogP contribution is -2.43. The fourth-order valence-electron chi connectivity index (χ4n) is 2.40. The lowest BCUT2D eigenvalue weighted by Gasteiger charge is -2.28. The van der Waals surface area contributed by atoms with Gasteiger partial charge in [-0.15, -0.1) is 11.6 Å². The van der Waals surface area contributed by atoms with Crippen LogP contribution in [0, 0.1) is 6.92 Å². The van der Waals surface area contributed by atoms with Gasteiger partial charge in [0.15, 0.2) is 0 Å². The molecule has 0 saturated heterocycles. The van der Waals surface area contributed by atoms with Gasteiger partial charge in [0.1, 0.15) is 5.75 Å². The Morgan fingerprint density at radius 1 is 1.39 bits per heavy atom. The van der Waals surface area contributed by atoms with Crippen molar-refractivity contribution in [1.29, 1.82) is 0 Å². The zero-order valence-corrected chi connectivity index (χ0v) is 11.2. The first-order valence-corrected chi connectivity index (χ1v) is 6.76. The van der Waals surface area contributed by atoms with Crippen LogP contribution in [0.25, 0.3) is 0 Å². The largest absolute Gasteiger partial charge is 0.508 e. The minimum absolute atomic E-state index is 0.0279. The van der Waals surface area contributed by atoms with E-state index in [9.17, 15) is 9.90 Å². The summed E-state index contributed by atoms with van der Waals surface area (Å²) in [5, 5.41) is 12.4. The third kappa shape index (κ3) is 2.96. The van der Waals surface area contributed by atoms with E-state index in [1.165, 1.54) is 6.07 Å². The smallest absolute Gasteiger partial charge is 0.251 e. The van der Waals surface area contributed by atoms with E-state index < -0.39 is 0 Å². The molecule has 0 spiro atoms. The minimum Gasteiger partial charge on any atom is -0.508 e. The molecule has 2 unspecified atom stereocenters. The van der Waals surface area contributed by atoms with Crippen molar-refractivity contribution in [1.82, 2.24) is 5.32 Å². The predicted octanol–water partition coefficient (Wildman–Crippen LogP) is 2.98. The van der Waals surface area contributed by atoms with Crippen molar-refractivity contribution in [2.24, 2.45) is 0 Å². The molecule has 0 aliphatic heterocycles. The van der Waals surface area contributed by atoms with Crippen LogP contribution in [-0.2, 0) is 0 Å². The summed E-state index contributed by atoms with van der Waals surface area (Å²) in [6.07, 6.45) is 4.15. The molecule has 1 fully saturated rings. The van der Waals surface area contributed by atoms with Crippen LogP contribution in [0.3, 0.4) is 0 Å². The van der Waals surface area contributed by atoms with Gasteiger partial charge in [-0.2, -0.15) is 0 Å². The zero-order valence-electron chi connectivity index (χ0n) is 10.4. The first-order valence-electron chi connectivity index (χ1n) is 6.32. The average Bonchev–Trinajstić information content (AvgIpc) is 2.32. The maximum absolute atomic E-state index is 12.1. The number of alkyl halides is 1. The summed E-state index contributed by atoms with van der Waals surface area (Å²) < 4.78 is 0. The molecule has 0 heterocycles. The second kappa shape index (κ2) is 5.61. The van der Waals surface area contributed by atoms with Crippen LogP contribution in [0.2, 0.25) is 0 Å². The molecule has 0 radical (unpaired) electrons. The molecule has 18 heavy (non-hydrogen) atoms. The quantitative estimate of drug-likeness (QED) is 0.810. The van der Waals surface area contributed by atoms with Crippen molar-refractivity contribution in [3.8, 4) is 5.75 Å². The number of amides is 1. The van der Waals surface area contributed by atoms with Crippen molar-refractivity contribution in [3.05, 3.63) is 29.3 Å². The Morgan fingerprint density at radius 2 is 2.11 bits per heavy atom. The number of carbonyl (C=O) groups excluding carboxylic acids is 1. The molecular weight excluding hydrogens is 250 g/mol. The van der Waals surface area contributed by atoms with Gasteiger partial charge >= 0.3 is 0 Å². The van der Waals surface area contributed by atoms with Gasteiger partial charge < -0.3 is 10.4 Å². The maximum atomic E-state index is 12.1. The average molecular weight is 268 g/mol. The number of rotatable bonds is 2. The van der Waals surface area contributed by atoms with Gasteiger partial charge in [0.2, 0.25) is 0 Å². The Balaban J connectivity index is 2.07. The normalized spacial score (nSPS) is 23.7. The van der Waals surface area contributed by atoms with E-state index in [0.717, 1.165) is 31.2 Å². The summed E-state index contributed by atoms with van der Waals surface area (Å²) in [5.41, 5.74) is 1.37. The second-order valence-electron chi connectivity index (χ2n) is 4.88. The number of halogens is 1.